The first-order valence-electron chi connectivity index (χ1n) is 15.2. The Labute approximate surface area is 286 Å². The van der Waals surface area contributed by atoms with Crippen molar-refractivity contribution >= 4 is 45.5 Å². The fourth-order valence-corrected chi connectivity index (χ4v) is 5.10. The maximum Gasteiger partial charge on any atom is 0.410 e. The van der Waals surface area contributed by atoms with Crippen LogP contribution in [0.4, 0.5) is 9.59 Å². The number of aromatic nitrogens is 2. The van der Waals surface area contributed by atoms with Crippen LogP contribution in [0.3, 0.4) is 0 Å². The molecule has 2 aliphatic rings. The summed E-state index contributed by atoms with van der Waals surface area (Å²) in [6, 6.07) is 6.42. The molecule has 0 radical (unpaired) electrons. The van der Waals surface area contributed by atoms with E-state index in [4.69, 9.17) is 41.6 Å². The van der Waals surface area contributed by atoms with Crippen molar-refractivity contribution in [3.8, 4) is 5.88 Å². The van der Waals surface area contributed by atoms with E-state index < -0.39 is 21.3 Å². The lowest BCUT2D eigenvalue weighted by Gasteiger charge is -2.33. The van der Waals surface area contributed by atoms with Gasteiger partial charge >= 0.3 is 12.2 Å². The van der Waals surface area contributed by atoms with E-state index in [2.05, 4.69) is 9.97 Å². The number of H-pyrrole nitrogens is 1. The number of piperidine rings is 2. The number of ether oxygens (including phenoxy) is 3. The van der Waals surface area contributed by atoms with E-state index >= 15 is 0 Å². The average Bonchev–Trinajstić information content (AvgIpc) is 2.95. The second-order valence-electron chi connectivity index (χ2n) is 12.9. The van der Waals surface area contributed by atoms with Crippen LogP contribution in [0, 0.1) is 0 Å². The Morgan fingerprint density at radius 1 is 0.809 bits per heavy atom. The maximum absolute atomic E-state index is 12.0. The Morgan fingerprint density at radius 3 is 1.64 bits per heavy atom. The minimum Gasteiger partial charge on any atom is -0.474 e. The summed E-state index contributed by atoms with van der Waals surface area (Å²) in [7, 11) is -3.42. The molecule has 16 heteroatoms. The van der Waals surface area contributed by atoms with Crippen LogP contribution in [-0.2, 0) is 23.8 Å². The van der Waals surface area contributed by atoms with Crippen molar-refractivity contribution < 1.29 is 36.4 Å². The molecule has 2 amide bonds. The third kappa shape index (κ3) is 17.6. The molecule has 13 nitrogen and oxygen atoms in total. The topological polar surface area (TPSA) is 157 Å². The van der Waals surface area contributed by atoms with Gasteiger partial charge in [0, 0.05) is 63.5 Å². The Hall–Kier alpha value is -3.07. The van der Waals surface area contributed by atoms with Gasteiger partial charge in [0.05, 0.1) is 22.4 Å². The number of rotatable bonds is 4. The molecule has 0 bridgehead atoms. The fraction of sp³-hybridized carbons (Fsp3) is 0.613. The van der Waals surface area contributed by atoms with E-state index in [9.17, 15) is 22.8 Å². The number of carbonyl (C=O) groups excluding carboxylic acids is 2. The van der Waals surface area contributed by atoms with Gasteiger partial charge in [0.1, 0.15) is 17.3 Å². The largest absolute Gasteiger partial charge is 0.474 e. The molecule has 2 aromatic heterocycles. The highest BCUT2D eigenvalue weighted by molar-refractivity contribution is 7.86. The lowest BCUT2D eigenvalue weighted by molar-refractivity contribution is 0.0115. The van der Waals surface area contributed by atoms with E-state index in [1.807, 2.05) is 41.5 Å². The Balaban J connectivity index is 0.000000268. The van der Waals surface area contributed by atoms with Crippen molar-refractivity contribution in [3.63, 3.8) is 0 Å². The number of amides is 2. The summed E-state index contributed by atoms with van der Waals surface area (Å²) in [6.45, 7) is 13.2. The third-order valence-electron chi connectivity index (χ3n) is 6.23. The quantitative estimate of drug-likeness (QED) is 0.377. The Bertz CT molecular complexity index is 1420. The summed E-state index contributed by atoms with van der Waals surface area (Å²) in [5, 5.41) is 1.13. The number of pyridine rings is 2. The molecule has 2 fully saturated rings. The molecule has 0 atom stereocenters. The van der Waals surface area contributed by atoms with E-state index in [0.29, 0.717) is 54.9 Å². The van der Waals surface area contributed by atoms with Gasteiger partial charge in [-0.1, -0.05) is 23.2 Å². The van der Waals surface area contributed by atoms with Crippen LogP contribution < -0.4 is 10.3 Å². The van der Waals surface area contributed by atoms with Gasteiger partial charge in [-0.3, -0.25) is 8.98 Å². The molecule has 2 aromatic rings. The van der Waals surface area contributed by atoms with Gasteiger partial charge in [0.2, 0.25) is 11.4 Å². The summed E-state index contributed by atoms with van der Waals surface area (Å²) in [4.78, 5) is 43.8. The maximum atomic E-state index is 12.0. The molecule has 47 heavy (non-hydrogen) atoms. The normalized spacial score (nSPS) is 16.2. The van der Waals surface area contributed by atoms with E-state index in [1.54, 1.807) is 34.2 Å². The summed E-state index contributed by atoms with van der Waals surface area (Å²) in [6.07, 6.45) is 5.71. The molecule has 0 spiro atoms. The van der Waals surface area contributed by atoms with Crippen molar-refractivity contribution in [2.45, 2.75) is 90.6 Å². The second-order valence-corrected chi connectivity index (χ2v) is 15.4. The third-order valence-corrected chi connectivity index (χ3v) is 7.31. The summed E-state index contributed by atoms with van der Waals surface area (Å²) >= 11 is 11.2. The minimum atomic E-state index is -3.42. The average molecular weight is 722 g/mol. The number of nitrogens with one attached hydrogen (secondary N) is 1. The summed E-state index contributed by atoms with van der Waals surface area (Å²) in [5.74, 6) is 0.565. The molecule has 1 N–H and O–H groups in total. The van der Waals surface area contributed by atoms with Gasteiger partial charge in [-0.2, -0.15) is 8.42 Å². The highest BCUT2D eigenvalue weighted by atomic mass is 35.5. The van der Waals surface area contributed by atoms with Crippen LogP contribution in [-0.4, -0.2) is 96.2 Å². The van der Waals surface area contributed by atoms with Gasteiger partial charge < -0.3 is 29.0 Å². The molecule has 0 aliphatic carbocycles. The van der Waals surface area contributed by atoms with Crippen LogP contribution in [0.25, 0.3) is 0 Å². The lowest BCUT2D eigenvalue weighted by atomic mass is 10.1. The highest BCUT2D eigenvalue weighted by Crippen LogP contribution is 2.21. The van der Waals surface area contributed by atoms with Gasteiger partial charge in [-0.25, -0.2) is 14.6 Å². The molecule has 0 unspecified atom stereocenters. The fourth-order valence-electron chi connectivity index (χ4n) is 4.19. The molecular weight excluding hydrogens is 675 g/mol. The number of carbonyl (C=O) groups is 2. The number of aromatic amines is 1. The first-order valence-corrected chi connectivity index (χ1v) is 17.7. The Morgan fingerprint density at radius 2 is 1.28 bits per heavy atom. The van der Waals surface area contributed by atoms with Gasteiger partial charge in [-0.05, 0) is 66.5 Å². The second kappa shape index (κ2) is 17.9. The molecule has 264 valence electrons. The molecule has 4 heterocycles. The molecule has 4 rings (SSSR count). The Kier molecular flexibility index (Phi) is 15.3. The van der Waals surface area contributed by atoms with Gasteiger partial charge in [0.25, 0.3) is 10.1 Å². The predicted octanol–water partition coefficient (Wildman–Crippen LogP) is 5.90. The van der Waals surface area contributed by atoms with E-state index in [1.165, 1.54) is 12.3 Å². The number of hydrogen-bond acceptors (Lipinski definition) is 10. The van der Waals surface area contributed by atoms with Crippen LogP contribution in [0.5, 0.6) is 5.88 Å². The van der Waals surface area contributed by atoms with E-state index in [0.717, 1.165) is 19.1 Å². The van der Waals surface area contributed by atoms with Gasteiger partial charge in [-0.15, -0.1) is 0 Å². The number of halogens is 2. The molecule has 0 saturated carbocycles. The smallest absolute Gasteiger partial charge is 0.410 e. The molecule has 2 aliphatic heterocycles. The van der Waals surface area contributed by atoms with Crippen LogP contribution in [0.15, 0.2) is 41.5 Å². The first kappa shape index (κ1) is 40.1. The number of hydrogen-bond donors (Lipinski definition) is 1. The van der Waals surface area contributed by atoms with Gasteiger partial charge in [0.15, 0.2) is 0 Å². The van der Waals surface area contributed by atoms with Crippen molar-refractivity contribution in [2.75, 3.05) is 32.4 Å². The molecule has 0 aromatic carbocycles. The van der Waals surface area contributed by atoms with Crippen molar-refractivity contribution in [1.82, 2.24) is 19.8 Å². The van der Waals surface area contributed by atoms with Crippen molar-refractivity contribution in [3.05, 3.63) is 57.1 Å². The monoisotopic (exact) mass is 720 g/mol. The van der Waals surface area contributed by atoms with Crippen LogP contribution >= 0.6 is 23.2 Å². The summed E-state index contributed by atoms with van der Waals surface area (Å²) < 4.78 is 43.2. The number of likely N-dealkylation sites (tertiary alicyclic amines) is 2. The predicted molar refractivity (Wildman–Crippen MR) is 180 cm³/mol. The SMILES string of the molecule is CC(C)(C)OC(=O)N1CCC(OS(C)(=O)=O)CC1.CC(C)(C)OC(=O)N1CCC(Oc2ccc(Cl)cn2)CC1.O=c1ccc(Cl)c[nH]1. The zero-order valence-corrected chi connectivity index (χ0v) is 30.3. The molecular formula is C31H46Cl2N4O9S. The molecule has 2 saturated heterocycles. The van der Waals surface area contributed by atoms with Crippen LogP contribution in [0.2, 0.25) is 10.0 Å². The van der Waals surface area contributed by atoms with Crippen molar-refractivity contribution in [2.24, 2.45) is 0 Å². The zero-order chi connectivity index (χ0) is 35.4. The highest BCUT2D eigenvalue weighted by Gasteiger charge is 2.29. The minimum absolute atomic E-state index is 0.0670. The van der Waals surface area contributed by atoms with Crippen LogP contribution in [0.1, 0.15) is 67.2 Å². The lowest BCUT2D eigenvalue weighted by Crippen LogP contribution is -2.44. The first-order chi connectivity index (χ1) is 21.7. The van der Waals surface area contributed by atoms with Crippen molar-refractivity contribution in [1.29, 1.82) is 0 Å². The number of nitrogens with zero attached hydrogens (tertiary/aromatic N) is 3. The van der Waals surface area contributed by atoms with E-state index in [-0.39, 0.29) is 30.0 Å². The standard InChI is InChI=1S/C15H21ClN2O3.C11H21NO5S.C5H4ClNO/c1-15(2,3)21-14(19)18-8-6-12(7-9-18)20-13-5-4-11(16)10-17-13;1-11(2,3)16-10(13)12-7-5-9(6-8-12)17-18(4,14)15;6-4-1-2-5(8)7-3-4/h4-5,10,12H,6-9H2,1-3H3;9H,5-8H2,1-4H3;1-3H,(H,7,8). The zero-order valence-electron chi connectivity index (χ0n) is 28.0. The summed E-state index contributed by atoms with van der Waals surface area (Å²) in [5.41, 5.74) is -1.11.